The lowest BCUT2D eigenvalue weighted by atomic mass is 10.2. The first-order chi connectivity index (χ1) is 4.88. The first-order valence-electron chi connectivity index (χ1n) is 3.17. The van der Waals surface area contributed by atoms with Crippen molar-refractivity contribution in [2.24, 2.45) is 0 Å². The molecule has 0 fully saturated rings. The lowest BCUT2D eigenvalue weighted by molar-refractivity contribution is 0.108. The summed E-state index contributed by atoms with van der Waals surface area (Å²) in [5.74, 6) is 0. The van der Waals surface area contributed by atoms with Crippen molar-refractivity contribution >= 4 is 22.6 Å². The van der Waals surface area contributed by atoms with Crippen LogP contribution in [0.2, 0.25) is 0 Å². The number of halogens is 1. The summed E-state index contributed by atoms with van der Waals surface area (Å²) in [7, 11) is 0. The molecule has 2 rings (SSSR count). The third-order valence-electron chi connectivity index (χ3n) is 1.65. The minimum absolute atomic E-state index is 0.700. The fourth-order valence-corrected chi connectivity index (χ4v) is 1.81. The molecule has 0 atom stereocenters. The van der Waals surface area contributed by atoms with Gasteiger partial charge in [0.05, 0.1) is 18.9 Å². The molecule has 10 heavy (non-hydrogen) atoms. The van der Waals surface area contributed by atoms with E-state index in [0.717, 1.165) is 22.4 Å². The first kappa shape index (κ1) is 6.60. The molecule has 1 N–H and O–H groups in total. The molecule has 0 aliphatic carbocycles. The Balaban J connectivity index is 2.45. The van der Waals surface area contributed by atoms with Crippen LogP contribution < -0.4 is 0 Å². The molecule has 0 spiro atoms. The van der Waals surface area contributed by atoms with Crippen LogP contribution >= 0.6 is 22.6 Å². The van der Waals surface area contributed by atoms with Crippen LogP contribution in [0.15, 0.2) is 0 Å². The summed E-state index contributed by atoms with van der Waals surface area (Å²) in [5, 5.41) is 7.02. The van der Waals surface area contributed by atoms with E-state index in [2.05, 4.69) is 32.8 Å². The molecule has 3 nitrogen and oxygen atoms in total. The van der Waals surface area contributed by atoms with Crippen molar-refractivity contribution < 1.29 is 4.74 Å². The Hall–Kier alpha value is -0.100. The molecule has 0 aromatic carbocycles. The molecule has 0 saturated heterocycles. The van der Waals surface area contributed by atoms with E-state index in [-0.39, 0.29) is 0 Å². The van der Waals surface area contributed by atoms with E-state index in [1.807, 2.05) is 0 Å². The smallest absolute Gasteiger partial charge is 0.126 e. The van der Waals surface area contributed by atoms with Gasteiger partial charge in [-0.3, -0.25) is 5.10 Å². The normalized spacial score (nSPS) is 16.9. The van der Waals surface area contributed by atoms with Gasteiger partial charge < -0.3 is 4.74 Å². The molecule has 54 valence electrons. The number of ether oxygens (including phenoxy) is 1. The predicted octanol–water partition coefficient (Wildman–Crippen LogP) is 1.09. The summed E-state index contributed by atoms with van der Waals surface area (Å²) in [6.45, 7) is 1.54. The number of nitrogens with one attached hydrogen (secondary N) is 1. The van der Waals surface area contributed by atoms with Crippen molar-refractivity contribution in [1.29, 1.82) is 0 Å². The Morgan fingerprint density at radius 3 is 3.30 bits per heavy atom. The van der Waals surface area contributed by atoms with Gasteiger partial charge in [0.1, 0.15) is 3.70 Å². The summed E-state index contributed by atoms with van der Waals surface area (Å²) < 4.78 is 6.33. The number of H-pyrrole nitrogens is 1. The van der Waals surface area contributed by atoms with Gasteiger partial charge >= 0.3 is 0 Å². The maximum absolute atomic E-state index is 5.23. The highest BCUT2D eigenvalue weighted by Crippen LogP contribution is 2.18. The van der Waals surface area contributed by atoms with Crippen molar-refractivity contribution in [1.82, 2.24) is 10.2 Å². The van der Waals surface area contributed by atoms with Crippen LogP contribution in [0.3, 0.4) is 0 Å². The number of aromatic nitrogens is 2. The number of aromatic amines is 1. The van der Waals surface area contributed by atoms with E-state index in [4.69, 9.17) is 4.74 Å². The molecule has 1 aromatic rings. The van der Waals surface area contributed by atoms with Crippen LogP contribution in [-0.4, -0.2) is 16.8 Å². The SMILES string of the molecule is Ic1n[nH]c2c1CCOC2. The van der Waals surface area contributed by atoms with Gasteiger partial charge in [0.2, 0.25) is 0 Å². The molecule has 4 heteroatoms. The van der Waals surface area contributed by atoms with Gasteiger partial charge in [-0.2, -0.15) is 5.10 Å². The highest BCUT2D eigenvalue weighted by Gasteiger charge is 2.14. The molecule has 0 radical (unpaired) electrons. The fraction of sp³-hybridized carbons (Fsp3) is 0.500. The highest BCUT2D eigenvalue weighted by atomic mass is 127. The Bertz CT molecular complexity index is 246. The standard InChI is InChI=1S/C6H7IN2O/c7-6-4-1-2-10-3-5(4)8-9-6/h1-3H2,(H,8,9). The van der Waals surface area contributed by atoms with E-state index >= 15 is 0 Å². The molecular formula is C6H7IN2O. The maximum atomic E-state index is 5.23. The summed E-state index contributed by atoms with van der Waals surface area (Å²) in [6.07, 6.45) is 1.00. The summed E-state index contributed by atoms with van der Waals surface area (Å²) in [4.78, 5) is 0. The van der Waals surface area contributed by atoms with E-state index in [9.17, 15) is 0 Å². The topological polar surface area (TPSA) is 37.9 Å². The van der Waals surface area contributed by atoms with E-state index in [1.54, 1.807) is 0 Å². The second-order valence-corrected chi connectivity index (χ2v) is 3.30. The molecule has 0 bridgehead atoms. The average Bonchev–Trinajstić information content (AvgIpc) is 2.34. The van der Waals surface area contributed by atoms with Gasteiger partial charge in [-0.05, 0) is 22.6 Å². The Labute approximate surface area is 72.3 Å². The Kier molecular flexibility index (Phi) is 1.65. The number of nitrogens with zero attached hydrogens (tertiary/aromatic N) is 1. The van der Waals surface area contributed by atoms with Crippen LogP contribution in [0.5, 0.6) is 0 Å². The zero-order valence-electron chi connectivity index (χ0n) is 5.35. The summed E-state index contributed by atoms with van der Waals surface area (Å²) >= 11 is 2.24. The van der Waals surface area contributed by atoms with Gasteiger partial charge in [-0.15, -0.1) is 0 Å². The molecule has 1 aliphatic heterocycles. The average molecular weight is 250 g/mol. The second kappa shape index (κ2) is 2.50. The third kappa shape index (κ3) is 0.950. The van der Waals surface area contributed by atoms with E-state index in [0.29, 0.717) is 6.61 Å². The zero-order valence-corrected chi connectivity index (χ0v) is 7.51. The Morgan fingerprint density at radius 1 is 1.60 bits per heavy atom. The largest absolute Gasteiger partial charge is 0.375 e. The van der Waals surface area contributed by atoms with Gasteiger partial charge in [-0.1, -0.05) is 0 Å². The maximum Gasteiger partial charge on any atom is 0.126 e. The van der Waals surface area contributed by atoms with Crippen LogP contribution in [0.1, 0.15) is 11.3 Å². The molecule has 0 saturated carbocycles. The van der Waals surface area contributed by atoms with Crippen molar-refractivity contribution in [2.45, 2.75) is 13.0 Å². The van der Waals surface area contributed by atoms with Gasteiger partial charge in [0.25, 0.3) is 0 Å². The monoisotopic (exact) mass is 250 g/mol. The van der Waals surface area contributed by atoms with Crippen molar-refractivity contribution in [3.63, 3.8) is 0 Å². The predicted molar refractivity (Wildman–Crippen MR) is 44.7 cm³/mol. The summed E-state index contributed by atoms with van der Waals surface area (Å²) in [5.41, 5.74) is 2.49. The molecule has 0 amide bonds. The number of fused-ring (bicyclic) bond motifs is 1. The summed E-state index contributed by atoms with van der Waals surface area (Å²) in [6, 6.07) is 0. The number of rotatable bonds is 0. The van der Waals surface area contributed by atoms with E-state index < -0.39 is 0 Å². The molecule has 1 aliphatic rings. The molecule has 0 unspecified atom stereocenters. The quantitative estimate of drug-likeness (QED) is 0.700. The first-order valence-corrected chi connectivity index (χ1v) is 4.25. The second-order valence-electron chi connectivity index (χ2n) is 2.27. The number of hydrogen-bond acceptors (Lipinski definition) is 2. The van der Waals surface area contributed by atoms with Crippen molar-refractivity contribution in [2.75, 3.05) is 6.61 Å². The fourth-order valence-electron chi connectivity index (χ4n) is 1.10. The van der Waals surface area contributed by atoms with Crippen LogP contribution in [0, 0.1) is 3.70 Å². The van der Waals surface area contributed by atoms with Gasteiger partial charge in [0.15, 0.2) is 0 Å². The van der Waals surface area contributed by atoms with Gasteiger partial charge in [0, 0.05) is 12.0 Å². The lowest BCUT2D eigenvalue weighted by Crippen LogP contribution is -2.08. The van der Waals surface area contributed by atoms with Crippen LogP contribution in [-0.2, 0) is 17.8 Å². The zero-order chi connectivity index (χ0) is 6.97. The van der Waals surface area contributed by atoms with E-state index in [1.165, 1.54) is 5.56 Å². The molecular weight excluding hydrogens is 243 g/mol. The van der Waals surface area contributed by atoms with Gasteiger partial charge in [-0.25, -0.2) is 0 Å². The van der Waals surface area contributed by atoms with Crippen LogP contribution in [0.25, 0.3) is 0 Å². The minimum atomic E-state index is 0.700. The third-order valence-corrected chi connectivity index (χ3v) is 2.54. The van der Waals surface area contributed by atoms with Crippen LogP contribution in [0.4, 0.5) is 0 Å². The molecule has 2 heterocycles. The number of hydrogen-bond donors (Lipinski definition) is 1. The van der Waals surface area contributed by atoms with Crippen molar-refractivity contribution in [3.05, 3.63) is 15.0 Å². The lowest BCUT2D eigenvalue weighted by Gasteiger charge is -2.10. The molecule has 1 aromatic heterocycles. The highest BCUT2D eigenvalue weighted by molar-refractivity contribution is 14.1. The minimum Gasteiger partial charge on any atom is -0.375 e. The Morgan fingerprint density at radius 2 is 2.50 bits per heavy atom. The van der Waals surface area contributed by atoms with Crippen molar-refractivity contribution in [3.8, 4) is 0 Å².